The first-order valence-electron chi connectivity index (χ1n) is 11.7. The molecule has 0 unspecified atom stereocenters. The van der Waals surface area contributed by atoms with Crippen LogP contribution in [0.2, 0.25) is 15.1 Å². The highest BCUT2D eigenvalue weighted by Crippen LogP contribution is 2.54. The van der Waals surface area contributed by atoms with Crippen LogP contribution in [0.1, 0.15) is 48.2 Å². The van der Waals surface area contributed by atoms with Crippen molar-refractivity contribution in [3.8, 4) is 11.5 Å². The van der Waals surface area contributed by atoms with Crippen molar-refractivity contribution in [3.05, 3.63) is 105 Å². The molecule has 0 radical (unpaired) electrons. The van der Waals surface area contributed by atoms with Gasteiger partial charge in [-0.2, -0.15) is 0 Å². The van der Waals surface area contributed by atoms with Crippen LogP contribution in [0, 0.1) is 5.92 Å². The Labute approximate surface area is 231 Å². The summed E-state index contributed by atoms with van der Waals surface area (Å²) in [5, 5.41) is 10.8. The third-order valence-corrected chi connectivity index (χ3v) is 7.37. The molecule has 0 spiro atoms. The maximum atomic E-state index is 11.3. The van der Waals surface area contributed by atoms with Gasteiger partial charge in [-0.1, -0.05) is 71.2 Å². The summed E-state index contributed by atoms with van der Waals surface area (Å²) in [5.74, 6) is -0.489. The molecule has 1 fully saturated rings. The van der Waals surface area contributed by atoms with Crippen molar-refractivity contribution in [2.45, 2.75) is 31.5 Å². The lowest BCUT2D eigenvalue weighted by Crippen LogP contribution is -2.32. The summed E-state index contributed by atoms with van der Waals surface area (Å²) in [5.41, 5.74) is 3.56. The second-order valence-corrected chi connectivity index (χ2v) is 10.4. The van der Waals surface area contributed by atoms with Crippen molar-refractivity contribution in [2.24, 2.45) is 5.92 Å². The van der Waals surface area contributed by atoms with E-state index in [-0.39, 0.29) is 28.7 Å². The molecule has 1 N–H and O–H groups in total. The Morgan fingerprint density at radius 2 is 1.59 bits per heavy atom. The fourth-order valence-electron chi connectivity index (χ4n) is 4.81. The van der Waals surface area contributed by atoms with Crippen LogP contribution in [-0.4, -0.2) is 24.8 Å². The van der Waals surface area contributed by atoms with Crippen molar-refractivity contribution in [2.75, 3.05) is 13.7 Å². The maximum absolute atomic E-state index is 11.3. The van der Waals surface area contributed by atoms with Gasteiger partial charge < -0.3 is 19.3 Å². The van der Waals surface area contributed by atoms with Gasteiger partial charge in [-0.05, 0) is 54.8 Å². The van der Waals surface area contributed by atoms with E-state index < -0.39 is 18.7 Å². The van der Waals surface area contributed by atoms with Crippen LogP contribution in [-0.2, 0) is 9.53 Å². The molecule has 1 aliphatic heterocycles. The maximum Gasteiger partial charge on any atom is 0.341 e. The van der Waals surface area contributed by atoms with E-state index in [0.717, 1.165) is 16.7 Å². The zero-order chi connectivity index (χ0) is 26.7. The van der Waals surface area contributed by atoms with Crippen molar-refractivity contribution < 1.29 is 24.1 Å². The van der Waals surface area contributed by atoms with Crippen molar-refractivity contribution in [3.63, 3.8) is 0 Å². The Hall–Kier alpha value is -2.70. The molecule has 3 aromatic carbocycles. The predicted octanol–water partition coefficient (Wildman–Crippen LogP) is 8.30. The molecule has 1 heterocycles. The number of carboxylic acids is 1. The number of aliphatic carboxylic acids is 1. The molecule has 5 nitrogen and oxygen atoms in total. The summed E-state index contributed by atoms with van der Waals surface area (Å²) in [7, 11) is 1.54. The lowest BCUT2D eigenvalue weighted by Gasteiger charge is -2.43. The summed E-state index contributed by atoms with van der Waals surface area (Å²) in [6.07, 6.45) is -0.170. The lowest BCUT2D eigenvalue weighted by molar-refractivity contribution is -0.139. The highest BCUT2D eigenvalue weighted by atomic mass is 35.5. The van der Waals surface area contributed by atoms with Crippen LogP contribution < -0.4 is 9.47 Å². The summed E-state index contributed by atoms with van der Waals surface area (Å²) in [6, 6.07) is 18.7. The normalized spacial score (nSPS) is 21.3. The Morgan fingerprint density at radius 1 is 1.00 bits per heavy atom. The molecule has 8 heteroatoms. The van der Waals surface area contributed by atoms with E-state index in [0.29, 0.717) is 27.8 Å². The number of ether oxygens (including phenoxy) is 3. The monoisotopic (exact) mass is 560 g/mol. The first-order chi connectivity index (χ1) is 17.7. The first-order valence-corrected chi connectivity index (χ1v) is 12.8. The fourth-order valence-corrected chi connectivity index (χ4v) is 5.33. The summed E-state index contributed by atoms with van der Waals surface area (Å²) in [6.45, 7) is 5.67. The van der Waals surface area contributed by atoms with Crippen LogP contribution in [0.4, 0.5) is 0 Å². The van der Waals surface area contributed by atoms with Crippen molar-refractivity contribution in [1.29, 1.82) is 0 Å². The number of halogens is 3. The van der Waals surface area contributed by atoms with Gasteiger partial charge in [0.15, 0.2) is 6.61 Å². The minimum Gasteiger partial charge on any atom is -0.497 e. The van der Waals surface area contributed by atoms with Crippen molar-refractivity contribution in [1.82, 2.24) is 0 Å². The van der Waals surface area contributed by atoms with Crippen LogP contribution in [0.25, 0.3) is 0 Å². The smallest absolute Gasteiger partial charge is 0.341 e. The highest BCUT2D eigenvalue weighted by Gasteiger charge is 2.42. The number of hydrogen-bond donors (Lipinski definition) is 1. The Morgan fingerprint density at radius 3 is 2.14 bits per heavy atom. The molecule has 0 bridgehead atoms. The van der Waals surface area contributed by atoms with E-state index in [9.17, 15) is 9.90 Å². The molecule has 1 saturated heterocycles. The standard InChI is InChI=1S/C29H27Cl3O5/c1-16(2)22-14-23(17-4-8-19(30)9-5-17)27(18-6-10-20(31)11-7-18)37-28(22)24-12-21(35-3)13-25(32)29(24)36-15-26(33)34/h4-13,22-23,27-28H,1,14-15H2,2-3H3,(H,33,34)/t22-,23-,27+,28+/m1/s1. The van der Waals surface area contributed by atoms with Gasteiger partial charge in [0.05, 0.1) is 24.3 Å². The van der Waals surface area contributed by atoms with Gasteiger partial charge in [0.1, 0.15) is 11.5 Å². The van der Waals surface area contributed by atoms with Gasteiger partial charge in [-0.25, -0.2) is 4.79 Å². The largest absolute Gasteiger partial charge is 0.497 e. The van der Waals surface area contributed by atoms with Gasteiger partial charge in [0, 0.05) is 33.5 Å². The molecule has 37 heavy (non-hydrogen) atoms. The number of hydrogen-bond acceptors (Lipinski definition) is 4. The molecular weight excluding hydrogens is 535 g/mol. The van der Waals surface area contributed by atoms with E-state index in [2.05, 4.69) is 6.58 Å². The van der Waals surface area contributed by atoms with E-state index in [1.165, 1.54) is 7.11 Å². The molecule has 0 amide bonds. The molecule has 4 rings (SSSR count). The molecule has 1 aliphatic rings. The second-order valence-electron chi connectivity index (χ2n) is 9.09. The molecule has 0 aromatic heterocycles. The van der Waals surface area contributed by atoms with Gasteiger partial charge in [-0.15, -0.1) is 0 Å². The van der Waals surface area contributed by atoms with Crippen LogP contribution in [0.15, 0.2) is 72.8 Å². The van der Waals surface area contributed by atoms with E-state index in [4.69, 9.17) is 49.0 Å². The van der Waals surface area contributed by atoms with E-state index in [1.807, 2.05) is 55.5 Å². The number of methoxy groups -OCH3 is 1. The van der Waals surface area contributed by atoms with Crippen LogP contribution in [0.3, 0.4) is 0 Å². The second kappa shape index (κ2) is 11.8. The molecule has 0 aliphatic carbocycles. The van der Waals surface area contributed by atoms with Gasteiger partial charge in [0.2, 0.25) is 0 Å². The van der Waals surface area contributed by atoms with Gasteiger partial charge in [0.25, 0.3) is 0 Å². The fraction of sp³-hybridized carbons (Fsp3) is 0.276. The summed E-state index contributed by atoms with van der Waals surface area (Å²) in [4.78, 5) is 11.3. The van der Waals surface area contributed by atoms with E-state index in [1.54, 1.807) is 12.1 Å². The Kier molecular flexibility index (Phi) is 8.71. The van der Waals surface area contributed by atoms with Crippen molar-refractivity contribution >= 4 is 40.8 Å². The molecule has 0 saturated carbocycles. The number of carbonyl (C=O) groups is 1. The minimum atomic E-state index is -1.11. The van der Waals surface area contributed by atoms with Crippen LogP contribution >= 0.6 is 34.8 Å². The number of carboxylic acid groups (broad SMARTS) is 1. The van der Waals surface area contributed by atoms with Gasteiger partial charge >= 0.3 is 5.97 Å². The molecule has 3 aromatic rings. The molecular formula is C29H27Cl3O5. The minimum absolute atomic E-state index is 0.0131. The number of rotatable bonds is 8. The zero-order valence-electron chi connectivity index (χ0n) is 20.4. The first kappa shape index (κ1) is 27.3. The quantitative estimate of drug-likeness (QED) is 0.280. The van der Waals surface area contributed by atoms with E-state index >= 15 is 0 Å². The Bertz CT molecular complexity index is 1270. The predicted molar refractivity (Wildman–Crippen MR) is 146 cm³/mol. The average molecular weight is 562 g/mol. The Balaban J connectivity index is 1.84. The summed E-state index contributed by atoms with van der Waals surface area (Å²) < 4.78 is 18.0. The zero-order valence-corrected chi connectivity index (χ0v) is 22.7. The number of benzene rings is 3. The third-order valence-electron chi connectivity index (χ3n) is 6.59. The van der Waals surface area contributed by atoms with Crippen LogP contribution in [0.5, 0.6) is 11.5 Å². The summed E-state index contributed by atoms with van der Waals surface area (Å²) >= 11 is 18.9. The lowest BCUT2D eigenvalue weighted by atomic mass is 9.74. The third kappa shape index (κ3) is 6.24. The molecule has 4 atom stereocenters. The average Bonchev–Trinajstić information content (AvgIpc) is 2.87. The highest BCUT2D eigenvalue weighted by molar-refractivity contribution is 6.32. The SMILES string of the molecule is C=C(C)[C@H]1C[C@H](c2ccc(Cl)cc2)[C@H](c2ccc(Cl)cc2)O[C@@H]1c1cc(OC)cc(Cl)c1OCC(=O)O. The van der Waals surface area contributed by atoms with Gasteiger partial charge in [-0.3, -0.25) is 0 Å². The molecule has 194 valence electrons. The topological polar surface area (TPSA) is 65.0 Å².